The molecule has 3 aromatic rings. The topological polar surface area (TPSA) is 65.4 Å². The van der Waals surface area contributed by atoms with Crippen LogP contribution in [0.3, 0.4) is 0 Å². The Kier molecular flexibility index (Phi) is 6.10. The molecule has 2 aromatic carbocycles. The quantitative estimate of drug-likeness (QED) is 0.597. The van der Waals surface area contributed by atoms with Gasteiger partial charge in [-0.15, -0.1) is 0 Å². The van der Waals surface area contributed by atoms with Crippen LogP contribution in [0.25, 0.3) is 11.8 Å². The summed E-state index contributed by atoms with van der Waals surface area (Å²) in [5.74, 6) is 0.307. The molecule has 30 heavy (non-hydrogen) atoms. The molecule has 0 unspecified atom stereocenters. The van der Waals surface area contributed by atoms with Gasteiger partial charge in [-0.25, -0.2) is 4.68 Å². The first kappa shape index (κ1) is 21.0. The highest BCUT2D eigenvalue weighted by Crippen LogP contribution is 2.36. The third-order valence-electron chi connectivity index (χ3n) is 4.19. The molecule has 6 nitrogen and oxygen atoms in total. The van der Waals surface area contributed by atoms with Crippen molar-refractivity contribution in [2.24, 2.45) is 0 Å². The van der Waals surface area contributed by atoms with Gasteiger partial charge in [0.2, 0.25) is 5.91 Å². The van der Waals surface area contributed by atoms with Crippen LogP contribution in [0.1, 0.15) is 11.1 Å². The number of carbonyl (C=O) groups is 1. The number of methoxy groups -OCH3 is 2. The highest BCUT2D eigenvalue weighted by atomic mass is 19.4. The largest absolute Gasteiger partial charge is 0.497 e. The minimum absolute atomic E-state index is 0.224. The van der Waals surface area contributed by atoms with E-state index in [-0.39, 0.29) is 11.4 Å². The van der Waals surface area contributed by atoms with Crippen LogP contribution in [0.15, 0.2) is 60.9 Å². The van der Waals surface area contributed by atoms with Crippen molar-refractivity contribution in [3.63, 3.8) is 0 Å². The summed E-state index contributed by atoms with van der Waals surface area (Å²) >= 11 is 0. The van der Waals surface area contributed by atoms with Crippen LogP contribution in [0, 0.1) is 0 Å². The third kappa shape index (κ3) is 4.80. The zero-order chi connectivity index (χ0) is 21.7. The highest BCUT2D eigenvalue weighted by Gasteiger charge is 2.34. The summed E-state index contributed by atoms with van der Waals surface area (Å²) in [6, 6.07) is 10.1. The van der Waals surface area contributed by atoms with Gasteiger partial charge in [-0.3, -0.25) is 4.79 Å². The van der Waals surface area contributed by atoms with E-state index in [1.807, 2.05) is 0 Å². The van der Waals surface area contributed by atoms with E-state index in [4.69, 9.17) is 9.47 Å². The lowest BCUT2D eigenvalue weighted by Crippen LogP contribution is -2.15. The SMILES string of the molecule is COc1ccc(OC)c(/C=C/C(=O)Nc2ccc(-n3cccn3)cc2C(F)(F)F)c1. The maximum absolute atomic E-state index is 13.5. The number of nitrogens with one attached hydrogen (secondary N) is 1. The molecule has 0 fully saturated rings. The molecule has 0 radical (unpaired) electrons. The van der Waals surface area contributed by atoms with Crippen LogP contribution in [-0.2, 0) is 11.0 Å². The number of hydrogen-bond donors (Lipinski definition) is 1. The van der Waals surface area contributed by atoms with Crippen molar-refractivity contribution in [2.75, 3.05) is 19.5 Å². The number of aromatic nitrogens is 2. The predicted molar refractivity (Wildman–Crippen MR) is 106 cm³/mol. The molecule has 1 N–H and O–H groups in total. The highest BCUT2D eigenvalue weighted by molar-refractivity contribution is 6.02. The zero-order valence-corrected chi connectivity index (χ0v) is 16.1. The zero-order valence-electron chi connectivity index (χ0n) is 16.1. The van der Waals surface area contributed by atoms with E-state index in [0.717, 1.165) is 12.1 Å². The molecule has 0 saturated heterocycles. The normalized spacial score (nSPS) is 11.5. The van der Waals surface area contributed by atoms with Gasteiger partial charge in [-0.1, -0.05) is 0 Å². The fourth-order valence-corrected chi connectivity index (χ4v) is 2.75. The first-order chi connectivity index (χ1) is 14.3. The predicted octanol–water partition coefficient (Wildman–Crippen LogP) is 4.56. The Morgan fingerprint density at radius 3 is 2.57 bits per heavy atom. The molecule has 9 heteroatoms. The number of rotatable bonds is 6. The third-order valence-corrected chi connectivity index (χ3v) is 4.19. The summed E-state index contributed by atoms with van der Waals surface area (Å²) in [7, 11) is 2.96. The molecule has 0 spiro atoms. The van der Waals surface area contributed by atoms with Gasteiger partial charge >= 0.3 is 6.18 Å². The molecule has 0 atom stereocenters. The summed E-state index contributed by atoms with van der Waals surface area (Å²) in [5, 5.41) is 6.20. The first-order valence-electron chi connectivity index (χ1n) is 8.74. The maximum atomic E-state index is 13.5. The van der Waals surface area contributed by atoms with Gasteiger partial charge in [0, 0.05) is 24.0 Å². The van der Waals surface area contributed by atoms with Gasteiger partial charge < -0.3 is 14.8 Å². The number of nitrogens with zero attached hydrogens (tertiary/aromatic N) is 2. The first-order valence-corrected chi connectivity index (χ1v) is 8.74. The Balaban J connectivity index is 1.85. The van der Waals surface area contributed by atoms with Crippen molar-refractivity contribution >= 4 is 17.7 Å². The molecule has 0 aliphatic carbocycles. The number of amides is 1. The van der Waals surface area contributed by atoms with Crippen molar-refractivity contribution < 1.29 is 27.4 Å². The molecule has 3 rings (SSSR count). The average molecular weight is 417 g/mol. The van der Waals surface area contributed by atoms with E-state index in [2.05, 4.69) is 10.4 Å². The van der Waals surface area contributed by atoms with Gasteiger partial charge in [0.1, 0.15) is 11.5 Å². The Labute approximate surface area is 170 Å². The molecule has 1 amide bonds. The molecule has 0 bridgehead atoms. The van der Waals surface area contributed by atoms with Gasteiger partial charge in [-0.05, 0) is 48.5 Å². The van der Waals surface area contributed by atoms with Crippen molar-refractivity contribution in [3.8, 4) is 17.2 Å². The van der Waals surface area contributed by atoms with E-state index in [0.29, 0.717) is 17.1 Å². The van der Waals surface area contributed by atoms with E-state index in [1.54, 1.807) is 24.3 Å². The Morgan fingerprint density at radius 1 is 1.13 bits per heavy atom. The average Bonchev–Trinajstić information content (AvgIpc) is 3.26. The Bertz CT molecular complexity index is 1060. The Hall–Kier alpha value is -3.75. The van der Waals surface area contributed by atoms with Gasteiger partial charge in [-0.2, -0.15) is 18.3 Å². The molecule has 156 valence electrons. The molecule has 1 heterocycles. The van der Waals surface area contributed by atoms with Gasteiger partial charge in [0.25, 0.3) is 0 Å². The van der Waals surface area contributed by atoms with E-state index < -0.39 is 17.6 Å². The molecule has 1 aromatic heterocycles. The summed E-state index contributed by atoms with van der Waals surface area (Å²) in [6.07, 6.45) is 0.880. The number of hydrogen-bond acceptors (Lipinski definition) is 4. The lowest BCUT2D eigenvalue weighted by Gasteiger charge is -2.15. The van der Waals surface area contributed by atoms with Gasteiger partial charge in [0.15, 0.2) is 0 Å². The standard InChI is InChI=1S/C21H18F3N3O3/c1-29-16-6-8-19(30-2)14(12-16)4-9-20(28)26-18-7-5-15(27-11-3-10-25-27)13-17(18)21(22,23)24/h3-13H,1-2H3,(H,26,28)/b9-4+. The van der Waals surface area contributed by atoms with E-state index in [9.17, 15) is 18.0 Å². The second kappa shape index (κ2) is 8.73. The molecule has 0 aliphatic heterocycles. The minimum Gasteiger partial charge on any atom is -0.497 e. The van der Waals surface area contributed by atoms with E-state index in [1.165, 1.54) is 49.5 Å². The van der Waals surface area contributed by atoms with Crippen LogP contribution in [-0.4, -0.2) is 29.9 Å². The molecular weight excluding hydrogens is 399 g/mol. The van der Waals surface area contributed by atoms with Crippen molar-refractivity contribution in [2.45, 2.75) is 6.18 Å². The molecule has 0 aliphatic rings. The lowest BCUT2D eigenvalue weighted by atomic mass is 10.1. The van der Waals surface area contributed by atoms with Crippen LogP contribution in [0.4, 0.5) is 18.9 Å². The van der Waals surface area contributed by atoms with Crippen LogP contribution >= 0.6 is 0 Å². The minimum atomic E-state index is -4.66. The number of halogens is 3. The van der Waals surface area contributed by atoms with Crippen molar-refractivity contribution in [3.05, 3.63) is 72.1 Å². The summed E-state index contributed by atoms with van der Waals surface area (Å²) in [4.78, 5) is 12.3. The monoisotopic (exact) mass is 417 g/mol. The smallest absolute Gasteiger partial charge is 0.418 e. The van der Waals surface area contributed by atoms with Crippen LogP contribution in [0.5, 0.6) is 11.5 Å². The number of alkyl halides is 3. The number of carbonyl (C=O) groups excluding carboxylic acids is 1. The Morgan fingerprint density at radius 2 is 1.93 bits per heavy atom. The number of benzene rings is 2. The second-order valence-electron chi connectivity index (χ2n) is 6.11. The van der Waals surface area contributed by atoms with Crippen molar-refractivity contribution in [1.29, 1.82) is 0 Å². The van der Waals surface area contributed by atoms with Crippen LogP contribution in [0.2, 0.25) is 0 Å². The fraction of sp³-hybridized carbons (Fsp3) is 0.143. The fourth-order valence-electron chi connectivity index (χ4n) is 2.75. The van der Waals surface area contributed by atoms with E-state index >= 15 is 0 Å². The van der Waals surface area contributed by atoms with Crippen molar-refractivity contribution in [1.82, 2.24) is 9.78 Å². The van der Waals surface area contributed by atoms with Gasteiger partial charge in [0.05, 0.1) is 31.2 Å². The second-order valence-corrected chi connectivity index (χ2v) is 6.11. The summed E-state index contributed by atoms with van der Waals surface area (Å²) < 4.78 is 52.2. The maximum Gasteiger partial charge on any atom is 0.418 e. The summed E-state index contributed by atoms with van der Waals surface area (Å²) in [5.41, 5.74) is -0.569. The molecular formula is C21H18F3N3O3. The molecule has 0 saturated carbocycles. The number of anilines is 1. The lowest BCUT2D eigenvalue weighted by molar-refractivity contribution is -0.137. The number of ether oxygens (including phenoxy) is 2. The van der Waals surface area contributed by atoms with Crippen LogP contribution < -0.4 is 14.8 Å². The summed E-state index contributed by atoms with van der Waals surface area (Å²) in [6.45, 7) is 0.